The summed E-state index contributed by atoms with van der Waals surface area (Å²) in [5.41, 5.74) is 5.03. The van der Waals surface area contributed by atoms with Crippen molar-refractivity contribution in [1.29, 1.82) is 0 Å². The van der Waals surface area contributed by atoms with Gasteiger partial charge >= 0.3 is 0 Å². The molecule has 0 aliphatic carbocycles. The molecular weight excluding hydrogens is 402 g/mol. The van der Waals surface area contributed by atoms with Gasteiger partial charge < -0.3 is 15.0 Å². The van der Waals surface area contributed by atoms with Crippen molar-refractivity contribution in [3.63, 3.8) is 0 Å². The largest absolute Gasteiger partial charge is 0.381 e. The highest BCUT2D eigenvalue weighted by atomic mass is 16.5. The number of rotatable bonds is 5. The predicted molar refractivity (Wildman–Crippen MR) is 124 cm³/mol. The second-order valence-electron chi connectivity index (χ2n) is 8.60. The van der Waals surface area contributed by atoms with E-state index < -0.39 is 0 Å². The summed E-state index contributed by atoms with van der Waals surface area (Å²) < 4.78 is 5.49. The molecule has 1 N–H and O–H groups in total. The second-order valence-corrected chi connectivity index (χ2v) is 8.60. The average molecular weight is 432 g/mol. The molecular formula is C24H29N7O. The summed E-state index contributed by atoms with van der Waals surface area (Å²) in [5, 5.41) is 3.50. The van der Waals surface area contributed by atoms with Crippen LogP contribution in [0, 0.1) is 13.8 Å². The first-order valence-corrected chi connectivity index (χ1v) is 11.4. The molecule has 5 rings (SSSR count). The minimum atomic E-state index is 0.248. The lowest BCUT2D eigenvalue weighted by Crippen LogP contribution is -2.28. The molecule has 2 aliphatic rings. The van der Waals surface area contributed by atoms with Crippen LogP contribution in [0.4, 0.5) is 11.9 Å². The van der Waals surface area contributed by atoms with Crippen LogP contribution in [0.25, 0.3) is 11.3 Å². The molecule has 5 heterocycles. The van der Waals surface area contributed by atoms with Gasteiger partial charge in [-0.05, 0) is 57.4 Å². The molecule has 166 valence electrons. The molecule has 8 heteroatoms. The Labute approximate surface area is 188 Å². The maximum absolute atomic E-state index is 5.49. The molecule has 0 saturated carbocycles. The second kappa shape index (κ2) is 9.16. The lowest BCUT2D eigenvalue weighted by atomic mass is 9.96. The van der Waals surface area contributed by atoms with E-state index in [1.807, 2.05) is 38.2 Å². The number of aromatic nitrogens is 5. The average Bonchev–Trinajstić information content (AvgIpc) is 3.28. The fourth-order valence-electron chi connectivity index (χ4n) is 4.51. The quantitative estimate of drug-likeness (QED) is 0.656. The van der Waals surface area contributed by atoms with Crippen LogP contribution in [0.15, 0.2) is 36.7 Å². The molecule has 2 saturated heterocycles. The zero-order valence-electron chi connectivity index (χ0n) is 18.7. The lowest BCUT2D eigenvalue weighted by molar-refractivity contribution is 0.0845. The SMILES string of the molecule is Cc1ccc(-c2ccnc(NC3CCN(c4nccc(C5CCOCC5)n4)C3)n2)c(C)n1. The molecule has 1 atom stereocenters. The van der Waals surface area contributed by atoms with Crippen LogP contribution in [0.5, 0.6) is 0 Å². The molecule has 8 nitrogen and oxygen atoms in total. The first-order valence-electron chi connectivity index (χ1n) is 11.4. The van der Waals surface area contributed by atoms with Gasteiger partial charge in [-0.15, -0.1) is 0 Å². The first kappa shape index (κ1) is 20.8. The molecule has 0 aromatic carbocycles. The molecule has 0 bridgehead atoms. The zero-order chi connectivity index (χ0) is 21.9. The van der Waals surface area contributed by atoms with Crippen molar-refractivity contribution in [2.45, 2.75) is 45.1 Å². The number of nitrogens with one attached hydrogen (secondary N) is 1. The van der Waals surface area contributed by atoms with Crippen molar-refractivity contribution in [3.8, 4) is 11.3 Å². The van der Waals surface area contributed by atoms with Gasteiger partial charge in [0.2, 0.25) is 11.9 Å². The summed E-state index contributed by atoms with van der Waals surface area (Å²) in [7, 11) is 0. The van der Waals surface area contributed by atoms with Gasteiger partial charge in [0, 0.05) is 73.3 Å². The van der Waals surface area contributed by atoms with E-state index in [0.717, 1.165) is 79.9 Å². The van der Waals surface area contributed by atoms with Crippen molar-refractivity contribution in [2.24, 2.45) is 0 Å². The Bertz CT molecular complexity index is 1080. The minimum Gasteiger partial charge on any atom is -0.381 e. The fraction of sp³-hybridized carbons (Fsp3) is 0.458. The van der Waals surface area contributed by atoms with Gasteiger partial charge in [0.25, 0.3) is 0 Å². The Morgan fingerprint density at radius 1 is 0.938 bits per heavy atom. The maximum atomic E-state index is 5.49. The Balaban J connectivity index is 1.26. The molecule has 32 heavy (non-hydrogen) atoms. The number of ether oxygens (including phenoxy) is 1. The van der Waals surface area contributed by atoms with Gasteiger partial charge in [-0.2, -0.15) is 0 Å². The monoisotopic (exact) mass is 431 g/mol. The molecule has 2 aliphatic heterocycles. The Morgan fingerprint density at radius 2 is 1.78 bits per heavy atom. The summed E-state index contributed by atoms with van der Waals surface area (Å²) in [6.07, 6.45) is 6.74. The summed E-state index contributed by atoms with van der Waals surface area (Å²) in [5.74, 6) is 1.93. The third-order valence-electron chi connectivity index (χ3n) is 6.26. The topological polar surface area (TPSA) is 89.0 Å². The van der Waals surface area contributed by atoms with E-state index in [0.29, 0.717) is 11.9 Å². The fourth-order valence-corrected chi connectivity index (χ4v) is 4.51. The van der Waals surface area contributed by atoms with E-state index in [4.69, 9.17) is 14.7 Å². The van der Waals surface area contributed by atoms with Gasteiger partial charge in [-0.1, -0.05) is 0 Å². The lowest BCUT2D eigenvalue weighted by Gasteiger charge is -2.23. The Kier molecular flexibility index (Phi) is 5.94. The first-order chi connectivity index (χ1) is 15.7. The molecule has 2 fully saturated rings. The van der Waals surface area contributed by atoms with E-state index in [1.165, 1.54) is 0 Å². The van der Waals surface area contributed by atoms with Gasteiger partial charge in [-0.25, -0.2) is 19.9 Å². The maximum Gasteiger partial charge on any atom is 0.225 e. The highest BCUT2D eigenvalue weighted by Crippen LogP contribution is 2.27. The number of anilines is 2. The number of nitrogens with zero attached hydrogens (tertiary/aromatic N) is 6. The van der Waals surface area contributed by atoms with Crippen molar-refractivity contribution in [3.05, 3.63) is 53.7 Å². The van der Waals surface area contributed by atoms with E-state index in [1.54, 1.807) is 6.20 Å². The van der Waals surface area contributed by atoms with Crippen LogP contribution in [-0.2, 0) is 4.74 Å². The highest BCUT2D eigenvalue weighted by molar-refractivity contribution is 5.62. The third-order valence-corrected chi connectivity index (χ3v) is 6.26. The summed E-state index contributed by atoms with van der Waals surface area (Å²) in [6.45, 7) is 7.39. The van der Waals surface area contributed by atoms with Crippen LogP contribution < -0.4 is 10.2 Å². The van der Waals surface area contributed by atoms with Crippen molar-refractivity contribution < 1.29 is 4.74 Å². The van der Waals surface area contributed by atoms with Gasteiger partial charge in [-0.3, -0.25) is 4.98 Å². The predicted octanol–water partition coefficient (Wildman–Crippen LogP) is 3.53. The van der Waals surface area contributed by atoms with E-state index in [-0.39, 0.29) is 6.04 Å². The van der Waals surface area contributed by atoms with Crippen molar-refractivity contribution in [2.75, 3.05) is 36.5 Å². The zero-order valence-corrected chi connectivity index (χ0v) is 18.7. The normalized spacial score (nSPS) is 19.3. The number of hydrogen-bond acceptors (Lipinski definition) is 8. The van der Waals surface area contributed by atoms with E-state index >= 15 is 0 Å². The van der Waals surface area contributed by atoms with Gasteiger partial charge in [0.05, 0.1) is 5.69 Å². The van der Waals surface area contributed by atoms with Crippen molar-refractivity contribution >= 4 is 11.9 Å². The molecule has 0 radical (unpaired) electrons. The Hall–Kier alpha value is -3.13. The van der Waals surface area contributed by atoms with Gasteiger partial charge in [0.1, 0.15) is 0 Å². The Morgan fingerprint density at radius 3 is 2.62 bits per heavy atom. The number of hydrogen-bond donors (Lipinski definition) is 1. The standard InChI is InChI=1S/C24H29N7O/c1-16-3-4-20(17(2)27-16)22-6-10-25-23(29-22)28-19-7-12-31(15-19)24-26-11-5-21(30-24)18-8-13-32-14-9-18/h3-6,10-11,18-19H,7-9,12-15H2,1-2H3,(H,25,28,29). The van der Waals surface area contributed by atoms with Crippen LogP contribution >= 0.6 is 0 Å². The van der Waals surface area contributed by atoms with Crippen LogP contribution in [0.1, 0.15) is 42.3 Å². The number of pyridine rings is 1. The highest BCUT2D eigenvalue weighted by Gasteiger charge is 2.26. The molecule has 3 aromatic rings. The summed E-state index contributed by atoms with van der Waals surface area (Å²) in [4.78, 5) is 25.4. The van der Waals surface area contributed by atoms with Crippen LogP contribution in [-0.4, -0.2) is 57.3 Å². The third kappa shape index (κ3) is 4.55. The summed E-state index contributed by atoms with van der Waals surface area (Å²) in [6, 6.07) is 8.32. The molecule has 1 unspecified atom stereocenters. The van der Waals surface area contributed by atoms with Crippen LogP contribution in [0.2, 0.25) is 0 Å². The molecule has 0 amide bonds. The smallest absolute Gasteiger partial charge is 0.225 e. The summed E-state index contributed by atoms with van der Waals surface area (Å²) >= 11 is 0. The van der Waals surface area contributed by atoms with E-state index in [9.17, 15) is 0 Å². The minimum absolute atomic E-state index is 0.248. The van der Waals surface area contributed by atoms with Crippen LogP contribution in [0.3, 0.4) is 0 Å². The van der Waals surface area contributed by atoms with Crippen molar-refractivity contribution in [1.82, 2.24) is 24.9 Å². The van der Waals surface area contributed by atoms with Gasteiger partial charge in [0.15, 0.2) is 0 Å². The number of aryl methyl sites for hydroxylation is 2. The molecule has 0 spiro atoms. The van der Waals surface area contributed by atoms with E-state index in [2.05, 4.69) is 31.2 Å². The molecule has 3 aromatic heterocycles.